The van der Waals surface area contributed by atoms with Crippen LogP contribution in [0.5, 0.6) is 0 Å². The van der Waals surface area contributed by atoms with Crippen LogP contribution in [-0.4, -0.2) is 91.3 Å². The monoisotopic (exact) mass is 493 g/mol. The van der Waals surface area contributed by atoms with Crippen LogP contribution >= 0.6 is 11.6 Å². The molecule has 0 aliphatic carbocycles. The largest absolute Gasteiger partial charge is 0.382 e. The van der Waals surface area contributed by atoms with Crippen molar-refractivity contribution in [2.45, 2.75) is 36.3 Å². The van der Waals surface area contributed by atoms with Gasteiger partial charge in [-0.2, -0.15) is 0 Å². The van der Waals surface area contributed by atoms with Gasteiger partial charge in [-0.1, -0.05) is 23.7 Å². The maximum Gasteiger partial charge on any atom is 0.319 e. The molecule has 33 heavy (non-hydrogen) atoms. The van der Waals surface area contributed by atoms with Gasteiger partial charge in [0, 0.05) is 44.3 Å². The molecule has 2 saturated heterocycles. The van der Waals surface area contributed by atoms with Crippen molar-refractivity contribution in [1.82, 2.24) is 14.7 Å². The number of benzene rings is 2. The first-order valence-electron chi connectivity index (χ1n) is 11.1. The fraction of sp³-hybridized carbons (Fsp3) is 0.478. The standard InChI is InChI=1S/C23H28ClN3O5S/c1-25-9-2-10-27(23(25)30)19-7-11-26(12-8-19)22(29)21(28)15-33(31,32)20-6-4-16-13-18(24)5-3-17(16)14-20/h3-6,13-14,19,21,28H,2,7-12,15H2,1H3/t21-/m1/s1. The van der Waals surface area contributed by atoms with Crippen molar-refractivity contribution in [2.75, 3.05) is 39.0 Å². The SMILES string of the molecule is CN1CCCN(C2CCN(C(=O)[C@H](O)CS(=O)(=O)c3ccc4cc(Cl)ccc4c3)CC2)C1=O. The maximum absolute atomic E-state index is 12.9. The van der Waals surface area contributed by atoms with E-state index in [4.69, 9.17) is 11.6 Å². The number of likely N-dealkylation sites (tertiary alicyclic amines) is 1. The van der Waals surface area contributed by atoms with E-state index in [1.54, 1.807) is 36.2 Å². The summed E-state index contributed by atoms with van der Waals surface area (Å²) >= 11 is 5.98. The molecule has 2 aromatic carbocycles. The summed E-state index contributed by atoms with van der Waals surface area (Å²) in [6.45, 7) is 2.22. The second-order valence-electron chi connectivity index (χ2n) is 8.76. The highest BCUT2D eigenvalue weighted by atomic mass is 35.5. The van der Waals surface area contributed by atoms with Crippen LogP contribution in [0.15, 0.2) is 41.3 Å². The van der Waals surface area contributed by atoms with Gasteiger partial charge in [0.1, 0.15) is 6.10 Å². The first-order chi connectivity index (χ1) is 15.7. The molecule has 1 N–H and O–H groups in total. The third kappa shape index (κ3) is 5.10. The first-order valence-corrected chi connectivity index (χ1v) is 13.1. The number of sulfone groups is 1. The average molecular weight is 494 g/mol. The predicted octanol–water partition coefficient (Wildman–Crippen LogP) is 2.38. The Morgan fingerprint density at radius 2 is 1.76 bits per heavy atom. The minimum atomic E-state index is -3.88. The lowest BCUT2D eigenvalue weighted by Gasteiger charge is -2.42. The van der Waals surface area contributed by atoms with E-state index in [-0.39, 0.29) is 17.0 Å². The van der Waals surface area contributed by atoms with Crippen molar-refractivity contribution < 1.29 is 23.1 Å². The summed E-state index contributed by atoms with van der Waals surface area (Å²) in [5.74, 6) is -1.27. The highest BCUT2D eigenvalue weighted by molar-refractivity contribution is 7.91. The number of fused-ring (bicyclic) bond motifs is 1. The Kier molecular flexibility index (Phi) is 6.83. The lowest BCUT2D eigenvalue weighted by molar-refractivity contribution is -0.140. The number of piperidine rings is 1. The van der Waals surface area contributed by atoms with Crippen molar-refractivity contribution in [1.29, 1.82) is 0 Å². The van der Waals surface area contributed by atoms with Gasteiger partial charge < -0.3 is 19.8 Å². The zero-order chi connectivity index (χ0) is 23.8. The minimum Gasteiger partial charge on any atom is -0.382 e. The number of carbonyl (C=O) groups excluding carboxylic acids is 2. The number of amides is 3. The highest BCUT2D eigenvalue weighted by Crippen LogP contribution is 2.25. The van der Waals surface area contributed by atoms with Gasteiger partial charge in [-0.25, -0.2) is 13.2 Å². The van der Waals surface area contributed by atoms with E-state index < -0.39 is 27.6 Å². The normalized spacial score (nSPS) is 19.2. The van der Waals surface area contributed by atoms with Crippen LogP contribution in [0.3, 0.4) is 0 Å². The van der Waals surface area contributed by atoms with Gasteiger partial charge in [-0.3, -0.25) is 4.79 Å². The molecule has 0 aromatic heterocycles. The molecule has 0 bridgehead atoms. The molecule has 4 rings (SSSR count). The second kappa shape index (κ2) is 9.48. The molecule has 2 aliphatic rings. The summed E-state index contributed by atoms with van der Waals surface area (Å²) in [5.41, 5.74) is 0. The lowest BCUT2D eigenvalue weighted by Crippen LogP contribution is -2.56. The molecule has 2 heterocycles. The van der Waals surface area contributed by atoms with Gasteiger partial charge in [0.05, 0.1) is 10.6 Å². The number of nitrogens with zero attached hydrogens (tertiary/aromatic N) is 3. The van der Waals surface area contributed by atoms with Crippen molar-refractivity contribution >= 4 is 44.1 Å². The van der Waals surface area contributed by atoms with E-state index in [1.807, 2.05) is 4.90 Å². The van der Waals surface area contributed by atoms with E-state index in [9.17, 15) is 23.1 Å². The molecule has 0 saturated carbocycles. The molecule has 0 radical (unpaired) electrons. The molecule has 2 aliphatic heterocycles. The van der Waals surface area contributed by atoms with Gasteiger partial charge in [-0.05, 0) is 54.3 Å². The molecular formula is C23H28ClN3O5S. The van der Waals surface area contributed by atoms with E-state index in [0.717, 1.165) is 18.4 Å². The molecule has 2 aromatic rings. The number of rotatable bonds is 5. The Balaban J connectivity index is 1.37. The van der Waals surface area contributed by atoms with Gasteiger partial charge in [0.15, 0.2) is 9.84 Å². The fourth-order valence-electron chi connectivity index (χ4n) is 4.60. The molecule has 8 nitrogen and oxygen atoms in total. The van der Waals surface area contributed by atoms with Crippen molar-refractivity contribution in [3.63, 3.8) is 0 Å². The Labute approximate surface area is 198 Å². The van der Waals surface area contributed by atoms with Crippen LogP contribution in [0.4, 0.5) is 4.79 Å². The number of hydrogen-bond donors (Lipinski definition) is 1. The van der Waals surface area contributed by atoms with E-state index in [1.165, 1.54) is 17.0 Å². The first kappa shape index (κ1) is 23.8. The number of aliphatic hydroxyl groups excluding tert-OH is 1. The summed E-state index contributed by atoms with van der Waals surface area (Å²) in [5, 5.41) is 12.5. The predicted molar refractivity (Wildman–Crippen MR) is 126 cm³/mol. The Hall–Kier alpha value is -2.36. The molecule has 3 amide bonds. The van der Waals surface area contributed by atoms with Gasteiger partial charge in [0.2, 0.25) is 0 Å². The summed E-state index contributed by atoms with van der Waals surface area (Å²) in [6.07, 6.45) is 0.491. The van der Waals surface area contributed by atoms with Crippen LogP contribution in [0.2, 0.25) is 5.02 Å². The summed E-state index contributed by atoms with van der Waals surface area (Å²) < 4.78 is 25.7. The molecule has 2 fully saturated rings. The quantitative estimate of drug-likeness (QED) is 0.689. The Morgan fingerprint density at radius 1 is 1.09 bits per heavy atom. The van der Waals surface area contributed by atoms with Gasteiger partial charge >= 0.3 is 6.03 Å². The Bertz CT molecular complexity index is 1160. The average Bonchev–Trinajstić information content (AvgIpc) is 2.80. The van der Waals surface area contributed by atoms with Crippen molar-refractivity contribution in [2.24, 2.45) is 0 Å². The fourth-order valence-corrected chi connectivity index (χ4v) is 6.11. The number of halogens is 1. The van der Waals surface area contributed by atoms with E-state index in [2.05, 4.69) is 0 Å². The summed E-state index contributed by atoms with van der Waals surface area (Å²) in [4.78, 5) is 30.3. The lowest BCUT2D eigenvalue weighted by atomic mass is 10.0. The smallest absolute Gasteiger partial charge is 0.319 e. The van der Waals surface area contributed by atoms with Gasteiger partial charge in [-0.15, -0.1) is 0 Å². The Morgan fingerprint density at radius 3 is 2.48 bits per heavy atom. The van der Waals surface area contributed by atoms with Crippen LogP contribution in [0.25, 0.3) is 10.8 Å². The number of carbonyl (C=O) groups is 2. The number of aliphatic hydroxyl groups is 1. The van der Waals surface area contributed by atoms with Crippen LogP contribution in [-0.2, 0) is 14.6 Å². The molecule has 1 atom stereocenters. The summed E-state index contributed by atoms with van der Waals surface area (Å²) in [6, 6.07) is 9.85. The van der Waals surface area contributed by atoms with Crippen molar-refractivity contribution in [3.8, 4) is 0 Å². The molecule has 0 spiro atoms. The topological polar surface area (TPSA) is 98.2 Å². The molecule has 178 valence electrons. The zero-order valence-corrected chi connectivity index (χ0v) is 20.1. The highest BCUT2D eigenvalue weighted by Gasteiger charge is 2.35. The van der Waals surface area contributed by atoms with E-state index in [0.29, 0.717) is 42.9 Å². The van der Waals surface area contributed by atoms with E-state index >= 15 is 0 Å². The molecule has 10 heteroatoms. The molecular weight excluding hydrogens is 466 g/mol. The zero-order valence-electron chi connectivity index (χ0n) is 18.5. The van der Waals surface area contributed by atoms with Crippen LogP contribution in [0, 0.1) is 0 Å². The summed E-state index contributed by atoms with van der Waals surface area (Å²) in [7, 11) is -2.09. The van der Waals surface area contributed by atoms with Crippen LogP contribution < -0.4 is 0 Å². The second-order valence-corrected chi connectivity index (χ2v) is 11.2. The van der Waals surface area contributed by atoms with Crippen LogP contribution in [0.1, 0.15) is 19.3 Å². The number of urea groups is 1. The minimum absolute atomic E-state index is 0.00908. The third-order valence-corrected chi connectivity index (χ3v) is 8.44. The van der Waals surface area contributed by atoms with Gasteiger partial charge in [0.25, 0.3) is 5.91 Å². The number of hydrogen-bond acceptors (Lipinski definition) is 5. The third-order valence-electron chi connectivity index (χ3n) is 6.48. The molecule has 0 unspecified atom stereocenters. The van der Waals surface area contributed by atoms with Crippen molar-refractivity contribution in [3.05, 3.63) is 41.4 Å². The maximum atomic E-state index is 12.9.